The maximum atomic E-state index is 9.80. The molecule has 0 bridgehead atoms. The normalized spacial score (nSPS) is 24.1. The SMILES string of the molecule is OC1CCN(C(=S)N(C(=S)NC2CCCCC2)C2CCCCC2)CC1. The Morgan fingerprint density at radius 2 is 1.40 bits per heavy atom. The maximum absolute atomic E-state index is 9.80. The molecule has 6 heteroatoms. The van der Waals surface area contributed by atoms with Crippen LogP contribution in [0.1, 0.15) is 77.0 Å². The first-order valence-corrected chi connectivity index (χ1v) is 11.0. The number of thiocarbonyl (C=S) groups is 2. The average Bonchev–Trinajstić information content (AvgIpc) is 2.64. The number of hydrogen-bond acceptors (Lipinski definition) is 3. The Balaban J connectivity index is 1.67. The third-order valence-electron chi connectivity index (χ3n) is 6.03. The van der Waals surface area contributed by atoms with Crippen molar-refractivity contribution in [1.82, 2.24) is 15.1 Å². The minimum atomic E-state index is -0.172. The lowest BCUT2D eigenvalue weighted by molar-refractivity contribution is 0.105. The second kappa shape index (κ2) is 9.47. The van der Waals surface area contributed by atoms with Gasteiger partial charge in [-0.1, -0.05) is 38.5 Å². The van der Waals surface area contributed by atoms with Gasteiger partial charge in [-0.2, -0.15) is 0 Å². The lowest BCUT2D eigenvalue weighted by Crippen LogP contribution is -2.57. The molecule has 0 radical (unpaired) electrons. The molecule has 3 aliphatic rings. The molecule has 0 aromatic carbocycles. The van der Waals surface area contributed by atoms with Crippen molar-refractivity contribution in [3.8, 4) is 0 Å². The van der Waals surface area contributed by atoms with Crippen LogP contribution in [0.2, 0.25) is 0 Å². The minimum absolute atomic E-state index is 0.172. The molecule has 1 saturated heterocycles. The molecule has 2 aliphatic carbocycles. The second-order valence-electron chi connectivity index (χ2n) is 7.95. The summed E-state index contributed by atoms with van der Waals surface area (Å²) in [5.74, 6) is 0. The predicted octanol–water partition coefficient (Wildman–Crippen LogP) is 3.57. The fourth-order valence-corrected chi connectivity index (χ4v) is 5.33. The van der Waals surface area contributed by atoms with Crippen LogP contribution in [-0.2, 0) is 0 Å². The fourth-order valence-electron chi connectivity index (χ4n) is 4.45. The minimum Gasteiger partial charge on any atom is -0.393 e. The molecular weight excluding hydrogens is 350 g/mol. The molecule has 0 atom stereocenters. The van der Waals surface area contributed by atoms with Crippen molar-refractivity contribution in [2.24, 2.45) is 0 Å². The van der Waals surface area contributed by atoms with E-state index in [2.05, 4.69) is 15.1 Å². The molecule has 2 N–H and O–H groups in total. The molecule has 0 aromatic heterocycles. The number of hydrogen-bond donors (Lipinski definition) is 2. The van der Waals surface area contributed by atoms with Crippen LogP contribution >= 0.6 is 24.4 Å². The van der Waals surface area contributed by atoms with E-state index in [1.807, 2.05) is 0 Å². The number of nitrogens with zero attached hydrogens (tertiary/aromatic N) is 2. The van der Waals surface area contributed by atoms with Crippen molar-refractivity contribution < 1.29 is 5.11 Å². The van der Waals surface area contributed by atoms with Crippen molar-refractivity contribution in [2.45, 2.75) is 95.2 Å². The van der Waals surface area contributed by atoms with Crippen LogP contribution < -0.4 is 5.32 Å². The molecule has 3 fully saturated rings. The van der Waals surface area contributed by atoms with E-state index < -0.39 is 0 Å². The molecule has 0 spiro atoms. The van der Waals surface area contributed by atoms with E-state index in [4.69, 9.17) is 24.4 Å². The van der Waals surface area contributed by atoms with Crippen molar-refractivity contribution >= 4 is 34.7 Å². The number of piperidine rings is 1. The highest BCUT2D eigenvalue weighted by atomic mass is 32.1. The predicted molar refractivity (Wildman–Crippen MR) is 111 cm³/mol. The zero-order valence-electron chi connectivity index (χ0n) is 15.3. The smallest absolute Gasteiger partial charge is 0.178 e. The Labute approximate surface area is 163 Å². The first kappa shape index (κ1) is 19.3. The summed E-state index contributed by atoms with van der Waals surface area (Å²) in [6.07, 6.45) is 14.1. The number of likely N-dealkylation sites (tertiary alicyclic amines) is 1. The van der Waals surface area contributed by atoms with Crippen LogP contribution in [0.3, 0.4) is 0 Å². The van der Waals surface area contributed by atoms with Gasteiger partial charge >= 0.3 is 0 Å². The molecule has 0 unspecified atom stereocenters. The molecule has 3 rings (SSSR count). The van der Waals surface area contributed by atoms with E-state index in [0.717, 1.165) is 36.2 Å². The monoisotopic (exact) mass is 383 g/mol. The van der Waals surface area contributed by atoms with E-state index in [-0.39, 0.29) is 6.10 Å². The van der Waals surface area contributed by atoms with Gasteiger partial charge in [-0.3, -0.25) is 4.90 Å². The molecule has 25 heavy (non-hydrogen) atoms. The molecule has 4 nitrogen and oxygen atoms in total. The van der Waals surface area contributed by atoms with Gasteiger partial charge < -0.3 is 15.3 Å². The molecule has 0 aromatic rings. The van der Waals surface area contributed by atoms with Crippen molar-refractivity contribution in [3.05, 3.63) is 0 Å². The Hall–Kier alpha value is -0.460. The number of aliphatic hydroxyl groups is 1. The largest absolute Gasteiger partial charge is 0.393 e. The zero-order chi connectivity index (χ0) is 17.6. The number of aliphatic hydroxyl groups excluding tert-OH is 1. The molecule has 1 aliphatic heterocycles. The van der Waals surface area contributed by atoms with Gasteiger partial charge in [-0.15, -0.1) is 0 Å². The zero-order valence-corrected chi connectivity index (χ0v) is 16.9. The summed E-state index contributed by atoms with van der Waals surface area (Å²) >= 11 is 11.8. The molecule has 142 valence electrons. The van der Waals surface area contributed by atoms with Crippen LogP contribution in [-0.4, -0.2) is 56.4 Å². The highest BCUT2D eigenvalue weighted by Gasteiger charge is 2.31. The summed E-state index contributed by atoms with van der Waals surface area (Å²) < 4.78 is 0. The number of nitrogens with one attached hydrogen (secondary N) is 1. The molecule has 1 heterocycles. The van der Waals surface area contributed by atoms with E-state index in [9.17, 15) is 5.11 Å². The second-order valence-corrected chi connectivity index (χ2v) is 8.70. The summed E-state index contributed by atoms with van der Waals surface area (Å²) in [5, 5.41) is 15.2. The Morgan fingerprint density at radius 1 is 0.840 bits per heavy atom. The lowest BCUT2D eigenvalue weighted by atomic mass is 9.94. The van der Waals surface area contributed by atoms with Crippen LogP contribution in [0.15, 0.2) is 0 Å². The van der Waals surface area contributed by atoms with Crippen LogP contribution in [0.25, 0.3) is 0 Å². The van der Waals surface area contributed by atoms with Gasteiger partial charge in [0, 0.05) is 25.2 Å². The van der Waals surface area contributed by atoms with Gasteiger partial charge in [0.25, 0.3) is 0 Å². The Bertz CT molecular complexity index is 454. The van der Waals surface area contributed by atoms with Crippen LogP contribution in [0.5, 0.6) is 0 Å². The molecule has 2 saturated carbocycles. The topological polar surface area (TPSA) is 38.7 Å². The van der Waals surface area contributed by atoms with E-state index in [1.165, 1.54) is 64.2 Å². The maximum Gasteiger partial charge on any atom is 0.178 e. The van der Waals surface area contributed by atoms with Gasteiger partial charge in [0.1, 0.15) is 0 Å². The average molecular weight is 384 g/mol. The van der Waals surface area contributed by atoms with Crippen molar-refractivity contribution in [2.75, 3.05) is 13.1 Å². The highest BCUT2D eigenvalue weighted by molar-refractivity contribution is 7.81. The van der Waals surface area contributed by atoms with Gasteiger partial charge in [0.05, 0.1) is 6.10 Å². The molecular formula is C19H33N3OS2. The third kappa shape index (κ3) is 5.27. The fraction of sp³-hybridized carbons (Fsp3) is 0.895. The van der Waals surface area contributed by atoms with Crippen LogP contribution in [0.4, 0.5) is 0 Å². The number of rotatable bonds is 2. The first-order valence-electron chi connectivity index (χ1n) is 10.2. The molecule has 0 amide bonds. The van der Waals surface area contributed by atoms with Gasteiger partial charge in [0.15, 0.2) is 10.2 Å². The van der Waals surface area contributed by atoms with Crippen LogP contribution in [0, 0.1) is 0 Å². The summed E-state index contributed by atoms with van der Waals surface area (Å²) in [5.41, 5.74) is 0. The summed E-state index contributed by atoms with van der Waals surface area (Å²) in [6, 6.07) is 0.954. The quantitative estimate of drug-likeness (QED) is 0.710. The lowest BCUT2D eigenvalue weighted by Gasteiger charge is -2.43. The van der Waals surface area contributed by atoms with Gasteiger partial charge in [-0.05, 0) is 63.0 Å². The summed E-state index contributed by atoms with van der Waals surface area (Å²) in [7, 11) is 0. The van der Waals surface area contributed by atoms with E-state index in [1.54, 1.807) is 0 Å². The Morgan fingerprint density at radius 3 is 2.00 bits per heavy atom. The van der Waals surface area contributed by atoms with E-state index >= 15 is 0 Å². The van der Waals surface area contributed by atoms with Gasteiger partial charge in [0.2, 0.25) is 0 Å². The standard InChI is InChI=1S/C19H33N3OS2/c23-17-11-13-21(14-12-17)19(25)22(16-9-5-2-6-10-16)18(24)20-15-7-3-1-4-8-15/h15-17,23H,1-14H2,(H,20,24). The Kier molecular flexibility index (Phi) is 7.31. The van der Waals surface area contributed by atoms with Crippen molar-refractivity contribution in [1.29, 1.82) is 0 Å². The first-order chi connectivity index (χ1) is 12.1. The third-order valence-corrected chi connectivity index (χ3v) is 6.80. The highest BCUT2D eigenvalue weighted by Crippen LogP contribution is 2.26. The van der Waals surface area contributed by atoms with E-state index in [0.29, 0.717) is 12.1 Å². The van der Waals surface area contributed by atoms with Crippen molar-refractivity contribution in [3.63, 3.8) is 0 Å². The summed E-state index contributed by atoms with van der Waals surface area (Å²) in [4.78, 5) is 4.52. The van der Waals surface area contributed by atoms with Gasteiger partial charge in [-0.25, -0.2) is 0 Å². The summed E-state index contributed by atoms with van der Waals surface area (Å²) in [6.45, 7) is 1.69.